The quantitative estimate of drug-likeness (QED) is 0.330. The number of hydrogen-bond acceptors (Lipinski definition) is 3. The predicted octanol–water partition coefficient (Wildman–Crippen LogP) is 7.19. The van der Waals surface area contributed by atoms with Crippen molar-refractivity contribution >= 4 is 16.6 Å². The Morgan fingerprint density at radius 3 is 2.16 bits per heavy atom. The van der Waals surface area contributed by atoms with Gasteiger partial charge in [-0.05, 0) is 54.1 Å². The topological polar surface area (TPSA) is 37.8 Å². The van der Waals surface area contributed by atoms with Gasteiger partial charge in [0.15, 0.2) is 0 Å². The zero-order valence-electron chi connectivity index (χ0n) is 18.3. The Bertz CT molecular complexity index is 1390. The lowest BCUT2D eigenvalue weighted by molar-refractivity contribution is 1.12. The summed E-state index contributed by atoms with van der Waals surface area (Å²) in [5.41, 5.74) is 8.30. The van der Waals surface area contributed by atoms with Crippen molar-refractivity contribution in [1.82, 2.24) is 9.97 Å². The van der Waals surface area contributed by atoms with Crippen LogP contribution in [0.5, 0.6) is 0 Å². The fourth-order valence-corrected chi connectivity index (χ4v) is 4.00. The van der Waals surface area contributed by atoms with Crippen LogP contribution in [-0.4, -0.2) is 9.97 Å². The molecule has 32 heavy (non-hydrogen) atoms. The van der Waals surface area contributed by atoms with Crippen LogP contribution in [0.3, 0.4) is 0 Å². The average molecular weight is 416 g/mol. The maximum atomic E-state index is 4.71. The molecule has 0 spiro atoms. The lowest BCUT2D eigenvalue weighted by atomic mass is 10.0. The maximum absolute atomic E-state index is 4.71. The molecule has 156 valence electrons. The van der Waals surface area contributed by atoms with Crippen molar-refractivity contribution in [2.45, 2.75) is 20.4 Å². The molecule has 0 aliphatic heterocycles. The molecule has 5 rings (SSSR count). The Morgan fingerprint density at radius 2 is 1.41 bits per heavy atom. The molecule has 0 atom stereocenters. The lowest BCUT2D eigenvalue weighted by Crippen LogP contribution is -2.02. The SMILES string of the molecule is Cc1cccc(-c2ccc(CNc3nccc4cc(-c5cccc(C)c5)ncc34)cc2)c1. The molecule has 5 aromatic rings. The number of anilines is 1. The minimum atomic E-state index is 0.708. The first-order valence-corrected chi connectivity index (χ1v) is 10.9. The second-order valence-corrected chi connectivity index (χ2v) is 8.24. The van der Waals surface area contributed by atoms with Gasteiger partial charge in [0.25, 0.3) is 0 Å². The minimum Gasteiger partial charge on any atom is -0.365 e. The van der Waals surface area contributed by atoms with Gasteiger partial charge in [0.05, 0.1) is 5.69 Å². The Kier molecular flexibility index (Phi) is 5.39. The van der Waals surface area contributed by atoms with E-state index in [1.165, 1.54) is 27.8 Å². The Labute approximate surface area is 188 Å². The summed E-state index contributed by atoms with van der Waals surface area (Å²) in [6.45, 7) is 4.93. The molecular weight excluding hydrogens is 390 g/mol. The highest BCUT2D eigenvalue weighted by Crippen LogP contribution is 2.26. The normalized spacial score (nSPS) is 10.9. The van der Waals surface area contributed by atoms with Crippen molar-refractivity contribution in [1.29, 1.82) is 0 Å². The number of pyridine rings is 2. The molecule has 0 saturated carbocycles. The van der Waals surface area contributed by atoms with Crippen LogP contribution in [0.4, 0.5) is 5.82 Å². The molecule has 3 nitrogen and oxygen atoms in total. The second-order valence-electron chi connectivity index (χ2n) is 8.24. The summed E-state index contributed by atoms with van der Waals surface area (Å²) in [6.07, 6.45) is 3.77. The third-order valence-corrected chi connectivity index (χ3v) is 5.73. The van der Waals surface area contributed by atoms with E-state index in [-0.39, 0.29) is 0 Å². The molecule has 0 aliphatic carbocycles. The van der Waals surface area contributed by atoms with Gasteiger partial charge in [-0.1, -0.05) is 77.9 Å². The highest BCUT2D eigenvalue weighted by atomic mass is 15.0. The minimum absolute atomic E-state index is 0.708. The number of aromatic nitrogens is 2. The number of nitrogens with one attached hydrogen (secondary N) is 1. The summed E-state index contributed by atoms with van der Waals surface area (Å²) in [5, 5.41) is 5.65. The van der Waals surface area contributed by atoms with Crippen molar-refractivity contribution in [3.8, 4) is 22.4 Å². The van der Waals surface area contributed by atoms with Crippen molar-refractivity contribution in [3.05, 3.63) is 114 Å². The molecule has 1 N–H and O–H groups in total. The van der Waals surface area contributed by atoms with Crippen molar-refractivity contribution < 1.29 is 0 Å². The fraction of sp³-hybridized carbons (Fsp3) is 0.103. The molecule has 3 aromatic carbocycles. The van der Waals surface area contributed by atoms with Gasteiger partial charge >= 0.3 is 0 Å². The van der Waals surface area contributed by atoms with Crippen LogP contribution in [0.15, 0.2) is 97.3 Å². The summed E-state index contributed by atoms with van der Waals surface area (Å²) in [7, 11) is 0. The summed E-state index contributed by atoms with van der Waals surface area (Å²) < 4.78 is 0. The van der Waals surface area contributed by atoms with E-state index in [1.54, 1.807) is 0 Å². The molecule has 0 aliphatic rings. The van der Waals surface area contributed by atoms with Crippen molar-refractivity contribution in [2.24, 2.45) is 0 Å². The zero-order valence-corrected chi connectivity index (χ0v) is 18.3. The first-order chi connectivity index (χ1) is 15.7. The maximum Gasteiger partial charge on any atom is 0.135 e. The van der Waals surface area contributed by atoms with Gasteiger partial charge in [-0.25, -0.2) is 4.98 Å². The van der Waals surface area contributed by atoms with E-state index < -0.39 is 0 Å². The smallest absolute Gasteiger partial charge is 0.135 e. The van der Waals surface area contributed by atoms with Gasteiger partial charge in [-0.3, -0.25) is 4.98 Å². The van der Waals surface area contributed by atoms with E-state index in [9.17, 15) is 0 Å². The third-order valence-electron chi connectivity index (χ3n) is 5.73. The van der Waals surface area contributed by atoms with Crippen LogP contribution in [0.25, 0.3) is 33.2 Å². The van der Waals surface area contributed by atoms with Gasteiger partial charge in [0.2, 0.25) is 0 Å². The van der Waals surface area contributed by atoms with Gasteiger partial charge in [0.1, 0.15) is 5.82 Å². The molecule has 0 bridgehead atoms. The summed E-state index contributed by atoms with van der Waals surface area (Å²) in [6, 6.07) is 29.9. The number of rotatable bonds is 5. The molecule has 0 radical (unpaired) electrons. The van der Waals surface area contributed by atoms with E-state index in [1.807, 2.05) is 18.5 Å². The predicted molar refractivity (Wildman–Crippen MR) is 134 cm³/mol. The highest BCUT2D eigenvalue weighted by molar-refractivity contribution is 5.93. The van der Waals surface area contributed by atoms with Crippen LogP contribution < -0.4 is 5.32 Å². The highest BCUT2D eigenvalue weighted by Gasteiger charge is 2.07. The van der Waals surface area contributed by atoms with E-state index >= 15 is 0 Å². The van der Waals surface area contributed by atoms with E-state index in [0.717, 1.165) is 27.8 Å². The summed E-state index contributed by atoms with van der Waals surface area (Å²) >= 11 is 0. The van der Waals surface area contributed by atoms with Crippen LogP contribution in [-0.2, 0) is 6.54 Å². The molecule has 0 unspecified atom stereocenters. The van der Waals surface area contributed by atoms with Gasteiger partial charge in [-0.15, -0.1) is 0 Å². The van der Waals surface area contributed by atoms with Crippen LogP contribution >= 0.6 is 0 Å². The number of nitrogens with zero attached hydrogens (tertiary/aromatic N) is 2. The number of aryl methyl sites for hydroxylation is 2. The number of benzene rings is 3. The first-order valence-electron chi connectivity index (χ1n) is 10.9. The Balaban J connectivity index is 1.35. The molecule has 2 aromatic heterocycles. The zero-order chi connectivity index (χ0) is 21.9. The van der Waals surface area contributed by atoms with Crippen LogP contribution in [0.2, 0.25) is 0 Å². The van der Waals surface area contributed by atoms with E-state index in [4.69, 9.17) is 4.98 Å². The fourth-order valence-electron chi connectivity index (χ4n) is 4.00. The van der Waals surface area contributed by atoms with Crippen LogP contribution in [0, 0.1) is 13.8 Å². The van der Waals surface area contributed by atoms with Crippen molar-refractivity contribution in [3.63, 3.8) is 0 Å². The standard InChI is InChI=1S/C29H25N3/c1-20-5-3-7-24(15-20)23-11-9-22(10-12-23)18-32-29-27-19-31-28(17-25(27)13-14-30-29)26-8-4-6-21(2)16-26/h3-17,19H,18H2,1-2H3,(H,30,32). The Hall–Kier alpha value is -3.98. The summed E-state index contributed by atoms with van der Waals surface area (Å²) in [4.78, 5) is 9.27. The molecule has 0 amide bonds. The van der Waals surface area contributed by atoms with E-state index in [2.05, 4.69) is 103 Å². The van der Waals surface area contributed by atoms with Gasteiger partial charge in [-0.2, -0.15) is 0 Å². The molecule has 3 heteroatoms. The van der Waals surface area contributed by atoms with Gasteiger partial charge < -0.3 is 5.32 Å². The number of fused-ring (bicyclic) bond motifs is 1. The monoisotopic (exact) mass is 415 g/mol. The largest absolute Gasteiger partial charge is 0.365 e. The first kappa shape index (κ1) is 20.0. The third kappa shape index (κ3) is 4.23. The Morgan fingerprint density at radius 1 is 0.688 bits per heavy atom. The molecule has 0 saturated heterocycles. The van der Waals surface area contributed by atoms with Crippen molar-refractivity contribution in [2.75, 3.05) is 5.32 Å². The molecule has 2 heterocycles. The molecular formula is C29H25N3. The van der Waals surface area contributed by atoms with Gasteiger partial charge in [0, 0.05) is 29.9 Å². The molecule has 0 fully saturated rings. The second kappa shape index (κ2) is 8.64. The summed E-state index contributed by atoms with van der Waals surface area (Å²) in [5.74, 6) is 0.855. The lowest BCUT2D eigenvalue weighted by Gasteiger charge is -2.11. The average Bonchev–Trinajstić information content (AvgIpc) is 2.82. The number of hydrogen-bond donors (Lipinski definition) is 1. The van der Waals surface area contributed by atoms with E-state index in [0.29, 0.717) is 6.54 Å². The van der Waals surface area contributed by atoms with Crippen LogP contribution in [0.1, 0.15) is 16.7 Å².